The lowest BCUT2D eigenvalue weighted by Crippen LogP contribution is -2.11. The Labute approximate surface area is 116 Å². The number of nitrogens with zero attached hydrogens (tertiary/aromatic N) is 2. The summed E-state index contributed by atoms with van der Waals surface area (Å²) < 4.78 is 10.9. The van der Waals surface area contributed by atoms with Gasteiger partial charge in [-0.25, -0.2) is 4.79 Å². The lowest BCUT2D eigenvalue weighted by atomic mass is 9.97. The van der Waals surface area contributed by atoms with Gasteiger partial charge in [0, 0.05) is 5.41 Å². The van der Waals surface area contributed by atoms with Crippen molar-refractivity contribution in [1.82, 2.24) is 10.2 Å². The van der Waals surface area contributed by atoms with E-state index in [1.54, 1.807) is 12.1 Å². The molecule has 6 nitrogen and oxygen atoms in total. The SMILES string of the molecule is CC(C)(C)c1nnc(COc2cccc(C(=O)O)c2)o1. The fourth-order valence-corrected chi connectivity index (χ4v) is 1.48. The highest BCUT2D eigenvalue weighted by molar-refractivity contribution is 5.87. The second kappa shape index (κ2) is 5.32. The lowest BCUT2D eigenvalue weighted by Gasteiger charge is -2.11. The van der Waals surface area contributed by atoms with Gasteiger partial charge in [0.25, 0.3) is 5.89 Å². The molecule has 1 aromatic heterocycles. The van der Waals surface area contributed by atoms with E-state index in [0.29, 0.717) is 17.5 Å². The van der Waals surface area contributed by atoms with Crippen LogP contribution in [0.1, 0.15) is 42.9 Å². The van der Waals surface area contributed by atoms with E-state index in [-0.39, 0.29) is 17.6 Å². The summed E-state index contributed by atoms with van der Waals surface area (Å²) in [5.74, 6) is 0.342. The minimum Gasteiger partial charge on any atom is -0.484 e. The van der Waals surface area contributed by atoms with E-state index >= 15 is 0 Å². The van der Waals surface area contributed by atoms with Gasteiger partial charge in [0.05, 0.1) is 5.56 Å². The molecule has 20 heavy (non-hydrogen) atoms. The molecule has 0 spiro atoms. The number of rotatable bonds is 4. The van der Waals surface area contributed by atoms with Crippen LogP contribution in [-0.4, -0.2) is 21.3 Å². The Hall–Kier alpha value is -2.37. The zero-order valence-corrected chi connectivity index (χ0v) is 11.6. The Morgan fingerprint density at radius 1 is 1.35 bits per heavy atom. The third kappa shape index (κ3) is 3.34. The molecule has 1 heterocycles. The molecule has 0 saturated carbocycles. The molecular formula is C14H16N2O4. The van der Waals surface area contributed by atoms with Crippen LogP contribution in [0.5, 0.6) is 5.75 Å². The van der Waals surface area contributed by atoms with Gasteiger partial charge in [-0.05, 0) is 18.2 Å². The van der Waals surface area contributed by atoms with Crippen LogP contribution in [0, 0.1) is 0 Å². The maximum atomic E-state index is 10.8. The summed E-state index contributed by atoms with van der Waals surface area (Å²) >= 11 is 0. The molecule has 0 bridgehead atoms. The zero-order chi connectivity index (χ0) is 14.8. The number of hydrogen-bond acceptors (Lipinski definition) is 5. The maximum Gasteiger partial charge on any atom is 0.335 e. The summed E-state index contributed by atoms with van der Waals surface area (Å²) in [6.45, 7) is 6.02. The molecule has 0 aliphatic carbocycles. The van der Waals surface area contributed by atoms with E-state index in [4.69, 9.17) is 14.3 Å². The van der Waals surface area contributed by atoms with Crippen molar-refractivity contribution in [2.24, 2.45) is 0 Å². The predicted molar refractivity (Wildman–Crippen MR) is 70.7 cm³/mol. The van der Waals surface area contributed by atoms with E-state index in [0.717, 1.165) is 0 Å². The highest BCUT2D eigenvalue weighted by atomic mass is 16.5. The molecule has 0 radical (unpaired) electrons. The monoisotopic (exact) mass is 276 g/mol. The zero-order valence-electron chi connectivity index (χ0n) is 11.6. The minimum atomic E-state index is -0.997. The first kappa shape index (κ1) is 14.0. The smallest absolute Gasteiger partial charge is 0.335 e. The van der Waals surface area contributed by atoms with Crippen LogP contribution in [0.3, 0.4) is 0 Å². The van der Waals surface area contributed by atoms with Gasteiger partial charge in [0.2, 0.25) is 5.89 Å². The van der Waals surface area contributed by atoms with Crippen LogP contribution >= 0.6 is 0 Å². The van der Waals surface area contributed by atoms with Crippen molar-refractivity contribution < 1.29 is 19.1 Å². The number of carboxylic acid groups (broad SMARTS) is 1. The molecule has 0 atom stereocenters. The Morgan fingerprint density at radius 2 is 2.10 bits per heavy atom. The first-order chi connectivity index (χ1) is 9.36. The number of carboxylic acids is 1. The highest BCUT2D eigenvalue weighted by Crippen LogP contribution is 2.21. The minimum absolute atomic E-state index is 0.103. The van der Waals surface area contributed by atoms with E-state index in [9.17, 15) is 4.79 Å². The van der Waals surface area contributed by atoms with Gasteiger partial charge in [-0.2, -0.15) is 0 Å². The summed E-state index contributed by atoms with van der Waals surface area (Å²) in [5, 5.41) is 16.7. The number of benzene rings is 1. The van der Waals surface area contributed by atoms with Crippen LogP contribution in [-0.2, 0) is 12.0 Å². The maximum absolute atomic E-state index is 10.8. The third-order valence-corrected chi connectivity index (χ3v) is 2.55. The molecule has 0 aliphatic heterocycles. The van der Waals surface area contributed by atoms with Crippen molar-refractivity contribution in [2.45, 2.75) is 32.8 Å². The standard InChI is InChI=1S/C14H16N2O4/c1-14(2,3)13-16-15-11(20-13)8-19-10-6-4-5-9(7-10)12(17)18/h4-7H,8H2,1-3H3,(H,17,18). The van der Waals surface area contributed by atoms with Crippen molar-refractivity contribution in [1.29, 1.82) is 0 Å². The van der Waals surface area contributed by atoms with Gasteiger partial charge in [0.15, 0.2) is 6.61 Å². The Kier molecular flexibility index (Phi) is 3.74. The van der Waals surface area contributed by atoms with E-state index in [1.165, 1.54) is 12.1 Å². The second-order valence-corrected chi connectivity index (χ2v) is 5.37. The largest absolute Gasteiger partial charge is 0.484 e. The van der Waals surface area contributed by atoms with E-state index in [1.807, 2.05) is 20.8 Å². The number of ether oxygens (including phenoxy) is 1. The van der Waals surface area contributed by atoms with Gasteiger partial charge in [0.1, 0.15) is 5.75 Å². The number of aromatic nitrogens is 2. The lowest BCUT2D eigenvalue weighted by molar-refractivity contribution is 0.0696. The van der Waals surface area contributed by atoms with Crippen LogP contribution in [0.4, 0.5) is 0 Å². The Morgan fingerprint density at radius 3 is 2.70 bits per heavy atom. The van der Waals surface area contributed by atoms with Crippen molar-refractivity contribution in [3.63, 3.8) is 0 Å². The third-order valence-electron chi connectivity index (χ3n) is 2.55. The number of hydrogen-bond donors (Lipinski definition) is 1. The summed E-state index contributed by atoms with van der Waals surface area (Å²) in [5.41, 5.74) is -0.0440. The molecule has 0 unspecified atom stereocenters. The fourth-order valence-electron chi connectivity index (χ4n) is 1.48. The average Bonchev–Trinajstić information content (AvgIpc) is 2.85. The molecule has 1 aromatic carbocycles. The van der Waals surface area contributed by atoms with Crippen LogP contribution in [0.2, 0.25) is 0 Å². The van der Waals surface area contributed by atoms with Crippen molar-refractivity contribution in [3.05, 3.63) is 41.6 Å². The van der Waals surface area contributed by atoms with E-state index in [2.05, 4.69) is 10.2 Å². The quantitative estimate of drug-likeness (QED) is 0.923. The number of aromatic carboxylic acids is 1. The molecule has 0 fully saturated rings. The molecule has 0 aliphatic rings. The highest BCUT2D eigenvalue weighted by Gasteiger charge is 2.21. The normalized spacial score (nSPS) is 11.3. The van der Waals surface area contributed by atoms with Crippen molar-refractivity contribution in [3.8, 4) is 5.75 Å². The van der Waals surface area contributed by atoms with Crippen LogP contribution < -0.4 is 4.74 Å². The van der Waals surface area contributed by atoms with Gasteiger partial charge < -0.3 is 14.3 Å². The summed E-state index contributed by atoms with van der Waals surface area (Å²) in [7, 11) is 0. The Bertz CT molecular complexity index is 614. The molecular weight excluding hydrogens is 260 g/mol. The van der Waals surface area contributed by atoms with Gasteiger partial charge >= 0.3 is 5.97 Å². The molecule has 0 amide bonds. The van der Waals surface area contributed by atoms with Crippen molar-refractivity contribution in [2.75, 3.05) is 0 Å². The molecule has 2 aromatic rings. The van der Waals surface area contributed by atoms with Gasteiger partial charge in [-0.1, -0.05) is 26.8 Å². The first-order valence-electron chi connectivity index (χ1n) is 6.15. The molecule has 1 N–H and O–H groups in total. The Balaban J connectivity index is 2.04. The fraction of sp³-hybridized carbons (Fsp3) is 0.357. The number of carbonyl (C=O) groups is 1. The molecule has 106 valence electrons. The summed E-state index contributed by atoms with van der Waals surface area (Å²) in [6.07, 6.45) is 0. The van der Waals surface area contributed by atoms with Crippen LogP contribution in [0.15, 0.2) is 28.7 Å². The summed E-state index contributed by atoms with van der Waals surface area (Å²) in [6, 6.07) is 6.24. The second-order valence-electron chi connectivity index (χ2n) is 5.37. The average molecular weight is 276 g/mol. The molecule has 2 rings (SSSR count). The molecule has 6 heteroatoms. The van der Waals surface area contributed by atoms with Gasteiger partial charge in [-0.3, -0.25) is 0 Å². The summed E-state index contributed by atoms with van der Waals surface area (Å²) in [4.78, 5) is 10.8. The van der Waals surface area contributed by atoms with Crippen LogP contribution in [0.25, 0.3) is 0 Å². The predicted octanol–water partition coefficient (Wildman–Crippen LogP) is 2.64. The first-order valence-corrected chi connectivity index (χ1v) is 6.15. The van der Waals surface area contributed by atoms with Gasteiger partial charge in [-0.15, -0.1) is 10.2 Å². The molecule has 0 saturated heterocycles. The van der Waals surface area contributed by atoms with E-state index < -0.39 is 5.97 Å². The topological polar surface area (TPSA) is 85.5 Å². The van der Waals surface area contributed by atoms with Crippen molar-refractivity contribution >= 4 is 5.97 Å².